The van der Waals surface area contributed by atoms with Crippen LogP contribution < -0.4 is 4.57 Å². The van der Waals surface area contributed by atoms with E-state index in [1.54, 1.807) is 0 Å². The molecule has 3 aromatic carbocycles. The lowest BCUT2D eigenvalue weighted by atomic mass is 9.96. The second-order valence-corrected chi connectivity index (χ2v) is 8.20. The average molecular weight is 404 g/mol. The minimum absolute atomic E-state index is 0.619. The summed E-state index contributed by atoms with van der Waals surface area (Å²) in [6.07, 6.45) is 0. The van der Waals surface area contributed by atoms with E-state index >= 15 is 0 Å². The van der Waals surface area contributed by atoms with Gasteiger partial charge in [0.05, 0.1) is 17.2 Å². The van der Waals surface area contributed by atoms with Gasteiger partial charge in [0.25, 0.3) is 0 Å². The van der Waals surface area contributed by atoms with E-state index in [2.05, 4.69) is 62.7 Å². The highest BCUT2D eigenvalue weighted by atomic mass is 16.3. The molecule has 5 aromatic rings. The van der Waals surface area contributed by atoms with Gasteiger partial charge < -0.3 is 4.42 Å². The van der Waals surface area contributed by atoms with Gasteiger partial charge in [-0.05, 0) is 42.7 Å². The van der Waals surface area contributed by atoms with Gasteiger partial charge in [-0.3, -0.25) is 0 Å². The lowest BCUT2D eigenvalue weighted by Gasteiger charge is -2.08. The maximum Gasteiger partial charge on any atom is 0.216 e. The molecule has 0 aliphatic carbocycles. The van der Waals surface area contributed by atoms with Crippen LogP contribution in [0.15, 0.2) is 71.1 Å². The van der Waals surface area contributed by atoms with Gasteiger partial charge in [0, 0.05) is 35.4 Å². The summed E-state index contributed by atoms with van der Waals surface area (Å²) in [5, 5.41) is 11.9. The van der Waals surface area contributed by atoms with Crippen LogP contribution in [0, 0.1) is 32.1 Å². The molecule has 31 heavy (non-hydrogen) atoms. The van der Waals surface area contributed by atoms with Crippen molar-refractivity contribution in [3.05, 3.63) is 89.1 Å². The van der Waals surface area contributed by atoms with Crippen LogP contribution in [0.1, 0.15) is 22.4 Å². The number of hydrogen-bond donors (Lipinski definition) is 0. The van der Waals surface area contributed by atoms with Crippen molar-refractivity contribution in [1.29, 1.82) is 5.26 Å². The van der Waals surface area contributed by atoms with E-state index in [4.69, 9.17) is 4.42 Å². The number of rotatable bonds is 2. The van der Waals surface area contributed by atoms with Gasteiger partial charge in [0.1, 0.15) is 18.2 Å². The zero-order chi connectivity index (χ0) is 21.7. The summed E-state index contributed by atoms with van der Waals surface area (Å²) in [5.74, 6) is 0. The molecule has 0 aliphatic rings. The fourth-order valence-electron chi connectivity index (χ4n) is 4.52. The molecule has 0 aliphatic heterocycles. The van der Waals surface area contributed by atoms with Gasteiger partial charge in [-0.25, -0.2) is 0 Å². The van der Waals surface area contributed by atoms with E-state index < -0.39 is 0 Å². The Morgan fingerprint density at radius 1 is 0.806 bits per heavy atom. The fraction of sp³-hybridized carbons (Fsp3) is 0.143. The maximum atomic E-state index is 9.79. The molecule has 0 saturated heterocycles. The van der Waals surface area contributed by atoms with Crippen molar-refractivity contribution >= 4 is 21.9 Å². The lowest BCUT2D eigenvalue weighted by molar-refractivity contribution is -0.666. The molecule has 0 bridgehead atoms. The average Bonchev–Trinajstić information content (AvgIpc) is 3.14. The Balaban J connectivity index is 1.94. The third-order valence-corrected chi connectivity index (χ3v) is 6.15. The third kappa shape index (κ3) is 2.92. The van der Waals surface area contributed by atoms with Gasteiger partial charge in [0.2, 0.25) is 5.69 Å². The summed E-state index contributed by atoms with van der Waals surface area (Å²) in [4.78, 5) is 0. The number of aromatic nitrogens is 1. The summed E-state index contributed by atoms with van der Waals surface area (Å²) in [7, 11) is 2.09. The minimum atomic E-state index is 0.619. The highest BCUT2D eigenvalue weighted by Crippen LogP contribution is 2.41. The Hall–Kier alpha value is -3.90. The molecule has 3 nitrogen and oxygen atoms in total. The van der Waals surface area contributed by atoms with Gasteiger partial charge in [-0.15, -0.1) is 0 Å². The van der Waals surface area contributed by atoms with E-state index in [1.807, 2.05) is 42.5 Å². The molecule has 5 rings (SSSR count). The molecule has 2 heterocycles. The van der Waals surface area contributed by atoms with Crippen LogP contribution >= 0.6 is 0 Å². The van der Waals surface area contributed by atoms with Gasteiger partial charge >= 0.3 is 0 Å². The van der Waals surface area contributed by atoms with Crippen molar-refractivity contribution < 1.29 is 8.98 Å². The first kappa shape index (κ1) is 19.1. The molecular weight excluding hydrogens is 380 g/mol. The van der Waals surface area contributed by atoms with E-state index in [0.29, 0.717) is 5.56 Å². The highest BCUT2D eigenvalue weighted by Gasteiger charge is 2.24. The highest BCUT2D eigenvalue weighted by molar-refractivity contribution is 6.13. The molecule has 0 amide bonds. The Kier molecular flexibility index (Phi) is 4.38. The normalized spacial score (nSPS) is 11.2. The number of nitriles is 1. The van der Waals surface area contributed by atoms with E-state index in [0.717, 1.165) is 49.9 Å². The largest absolute Gasteiger partial charge is 0.454 e. The molecule has 0 N–H and O–H groups in total. The lowest BCUT2D eigenvalue weighted by Crippen LogP contribution is -2.35. The van der Waals surface area contributed by atoms with Crippen LogP contribution in [0.3, 0.4) is 0 Å². The first-order valence-electron chi connectivity index (χ1n) is 10.4. The number of fused-ring (bicyclic) bond motifs is 3. The number of benzene rings is 3. The summed E-state index contributed by atoms with van der Waals surface area (Å²) in [5.41, 5.74) is 9.88. The SMILES string of the molecule is Cc1cc(C)[n+](C)c(-c2c(C)ccc3c2oc2c(-c4ccccc4)c(C#N)ccc23)c1. The Morgan fingerprint density at radius 3 is 2.19 bits per heavy atom. The molecule has 0 saturated carbocycles. The molecule has 0 fully saturated rings. The second-order valence-electron chi connectivity index (χ2n) is 8.20. The zero-order valence-corrected chi connectivity index (χ0v) is 18.2. The smallest absolute Gasteiger partial charge is 0.216 e. The summed E-state index contributed by atoms with van der Waals surface area (Å²) < 4.78 is 8.83. The minimum Gasteiger partial charge on any atom is -0.454 e. The predicted molar refractivity (Wildman–Crippen MR) is 125 cm³/mol. The zero-order valence-electron chi connectivity index (χ0n) is 18.2. The van der Waals surface area contributed by atoms with E-state index in [1.165, 1.54) is 11.3 Å². The van der Waals surface area contributed by atoms with Crippen molar-refractivity contribution in [2.75, 3.05) is 0 Å². The quantitative estimate of drug-likeness (QED) is 0.314. The number of aryl methyl sites for hydroxylation is 3. The first-order valence-corrected chi connectivity index (χ1v) is 10.4. The van der Waals surface area contributed by atoms with Crippen LogP contribution in [0.4, 0.5) is 0 Å². The van der Waals surface area contributed by atoms with Crippen LogP contribution in [0.5, 0.6) is 0 Å². The standard InChI is InChI=1S/C28H23N2O/c1-17-14-19(3)30(4)24(15-17)25-18(2)10-12-22-23-13-11-21(16-29)26(28(23)31-27(22)25)20-8-6-5-7-9-20/h5-15H,1-4H3/q+1. The molecule has 0 spiro atoms. The first-order chi connectivity index (χ1) is 15.0. The van der Waals surface area contributed by atoms with Crippen molar-refractivity contribution in [2.24, 2.45) is 7.05 Å². The van der Waals surface area contributed by atoms with Crippen LogP contribution in [-0.4, -0.2) is 0 Å². The third-order valence-electron chi connectivity index (χ3n) is 6.15. The molecule has 3 heteroatoms. The molecule has 2 aromatic heterocycles. The molecule has 0 atom stereocenters. The maximum absolute atomic E-state index is 9.79. The van der Waals surface area contributed by atoms with Gasteiger partial charge in [-0.1, -0.05) is 42.5 Å². The topological polar surface area (TPSA) is 40.8 Å². The summed E-state index contributed by atoms with van der Waals surface area (Å²) in [6.45, 7) is 6.37. The molecular formula is C28H23N2O+. The summed E-state index contributed by atoms with van der Waals surface area (Å²) in [6, 6.07) is 24.9. The molecule has 150 valence electrons. The predicted octanol–water partition coefficient (Wildman–Crippen LogP) is 6.54. The van der Waals surface area contributed by atoms with E-state index in [9.17, 15) is 5.26 Å². The Bertz CT molecular complexity index is 1520. The van der Waals surface area contributed by atoms with Gasteiger partial charge in [-0.2, -0.15) is 9.83 Å². The van der Waals surface area contributed by atoms with Crippen molar-refractivity contribution in [1.82, 2.24) is 0 Å². The fourth-order valence-corrected chi connectivity index (χ4v) is 4.52. The van der Waals surface area contributed by atoms with Crippen LogP contribution in [0.2, 0.25) is 0 Å². The number of hydrogen-bond acceptors (Lipinski definition) is 2. The van der Waals surface area contributed by atoms with Crippen LogP contribution in [0.25, 0.3) is 44.3 Å². The molecule has 0 radical (unpaired) electrons. The Labute approximate surface area is 181 Å². The van der Waals surface area contributed by atoms with Crippen LogP contribution in [-0.2, 0) is 7.05 Å². The van der Waals surface area contributed by atoms with Gasteiger partial charge in [0.15, 0.2) is 5.69 Å². The second kappa shape index (κ2) is 7.11. The number of nitrogens with zero attached hydrogens (tertiary/aromatic N) is 2. The van der Waals surface area contributed by atoms with E-state index in [-0.39, 0.29) is 0 Å². The monoisotopic (exact) mass is 403 g/mol. The Morgan fingerprint density at radius 2 is 1.48 bits per heavy atom. The van der Waals surface area contributed by atoms with Crippen molar-refractivity contribution in [3.8, 4) is 28.5 Å². The number of pyridine rings is 1. The van der Waals surface area contributed by atoms with Crippen molar-refractivity contribution in [3.63, 3.8) is 0 Å². The summed E-state index contributed by atoms with van der Waals surface area (Å²) >= 11 is 0. The van der Waals surface area contributed by atoms with Crippen molar-refractivity contribution in [2.45, 2.75) is 20.8 Å². The number of furan rings is 1. The molecule has 0 unspecified atom stereocenters.